The number of hydrogen-bond acceptors (Lipinski definition) is 5. The molecule has 0 saturated heterocycles. The first kappa shape index (κ1) is 17.0. The number of carbonyl (C=O) groups is 1. The molecule has 23 heavy (non-hydrogen) atoms. The predicted octanol–water partition coefficient (Wildman–Crippen LogP) is 2.93. The Morgan fingerprint density at radius 2 is 2.04 bits per heavy atom. The number of nitrogens with one attached hydrogen (secondary N) is 2. The molecule has 10 heteroatoms. The van der Waals surface area contributed by atoms with Crippen molar-refractivity contribution in [1.82, 2.24) is 15.5 Å². The molecule has 6 nitrogen and oxygen atoms in total. The summed E-state index contributed by atoms with van der Waals surface area (Å²) >= 11 is 0.265. The Balaban J connectivity index is 1.82. The maximum atomic E-state index is 12.4. The number of anilines is 1. The molecule has 1 aromatic heterocycles. The number of rotatable bonds is 5. The zero-order valence-electron chi connectivity index (χ0n) is 12.0. The summed E-state index contributed by atoms with van der Waals surface area (Å²) in [7, 11) is 1.55. The lowest BCUT2D eigenvalue weighted by atomic mass is 10.1. The summed E-state index contributed by atoms with van der Waals surface area (Å²) in [5.74, 6) is 0.702. The molecule has 2 rings (SSSR count). The molecule has 1 heterocycles. The van der Waals surface area contributed by atoms with E-state index < -0.39 is 17.2 Å². The molecule has 0 spiro atoms. The van der Waals surface area contributed by atoms with E-state index in [9.17, 15) is 18.0 Å². The lowest BCUT2D eigenvalue weighted by Crippen LogP contribution is -2.30. The van der Waals surface area contributed by atoms with Gasteiger partial charge in [0, 0.05) is 6.54 Å². The Morgan fingerprint density at radius 3 is 2.70 bits per heavy atom. The molecule has 0 aliphatic rings. The third-order valence-corrected chi connectivity index (χ3v) is 3.64. The van der Waals surface area contributed by atoms with Gasteiger partial charge < -0.3 is 10.1 Å². The van der Waals surface area contributed by atoms with Gasteiger partial charge in [-0.3, -0.25) is 5.32 Å². The van der Waals surface area contributed by atoms with Crippen LogP contribution in [-0.2, 0) is 12.6 Å². The maximum Gasteiger partial charge on any atom is 0.445 e. The molecule has 0 atom stereocenters. The molecular weight excluding hydrogens is 333 g/mol. The van der Waals surface area contributed by atoms with Crippen molar-refractivity contribution >= 4 is 22.5 Å². The number of nitrogens with zero attached hydrogens (tertiary/aromatic N) is 2. The largest absolute Gasteiger partial charge is 0.496 e. The minimum absolute atomic E-state index is 0.216. The summed E-state index contributed by atoms with van der Waals surface area (Å²) < 4.78 is 42.3. The van der Waals surface area contributed by atoms with Gasteiger partial charge in [-0.1, -0.05) is 29.5 Å². The van der Waals surface area contributed by atoms with Crippen LogP contribution < -0.4 is 15.4 Å². The Morgan fingerprint density at radius 1 is 1.30 bits per heavy atom. The Kier molecular flexibility index (Phi) is 5.37. The van der Waals surface area contributed by atoms with Crippen molar-refractivity contribution in [2.24, 2.45) is 0 Å². The van der Waals surface area contributed by atoms with E-state index >= 15 is 0 Å². The second-order valence-electron chi connectivity index (χ2n) is 4.35. The minimum atomic E-state index is -4.57. The van der Waals surface area contributed by atoms with Crippen molar-refractivity contribution in [2.45, 2.75) is 12.6 Å². The van der Waals surface area contributed by atoms with Crippen LogP contribution in [0.3, 0.4) is 0 Å². The fraction of sp³-hybridized carbons (Fsp3) is 0.308. The zero-order chi connectivity index (χ0) is 16.9. The van der Waals surface area contributed by atoms with E-state index in [4.69, 9.17) is 4.74 Å². The maximum absolute atomic E-state index is 12.4. The molecule has 2 N–H and O–H groups in total. The van der Waals surface area contributed by atoms with Crippen LogP contribution in [0.15, 0.2) is 24.3 Å². The molecule has 0 unspecified atom stereocenters. The van der Waals surface area contributed by atoms with Crippen molar-refractivity contribution in [1.29, 1.82) is 0 Å². The molecule has 1 aromatic carbocycles. The summed E-state index contributed by atoms with van der Waals surface area (Å²) in [5.41, 5.74) is 0.908. The van der Waals surface area contributed by atoms with Gasteiger partial charge in [0.25, 0.3) is 0 Å². The van der Waals surface area contributed by atoms with Crippen molar-refractivity contribution in [2.75, 3.05) is 19.0 Å². The molecule has 0 aliphatic carbocycles. The highest BCUT2D eigenvalue weighted by Gasteiger charge is 2.35. The lowest BCUT2D eigenvalue weighted by molar-refractivity contribution is -0.138. The van der Waals surface area contributed by atoms with Crippen LogP contribution in [0.25, 0.3) is 0 Å². The third kappa shape index (κ3) is 4.81. The first-order valence-corrected chi connectivity index (χ1v) is 7.29. The standard InChI is InChI=1S/C13H13F3N4O2S/c1-22-9-5-3-2-4-8(9)6-7-17-11(21)18-12-20-19-10(23-12)13(14,15)16/h2-5H,6-7H2,1H3,(H2,17,18,20,21). The molecular formula is C13H13F3N4O2S. The number of benzene rings is 1. The number of ether oxygens (including phenoxy) is 1. The molecule has 2 amide bonds. The normalized spacial score (nSPS) is 11.1. The average molecular weight is 346 g/mol. The SMILES string of the molecule is COc1ccccc1CCNC(=O)Nc1nnc(C(F)(F)F)s1. The van der Waals surface area contributed by atoms with E-state index in [0.717, 1.165) is 5.56 Å². The van der Waals surface area contributed by atoms with Gasteiger partial charge in [-0.15, -0.1) is 10.2 Å². The van der Waals surface area contributed by atoms with Gasteiger partial charge in [0.1, 0.15) is 5.75 Å². The third-order valence-electron chi connectivity index (χ3n) is 2.76. The van der Waals surface area contributed by atoms with Crippen molar-refractivity contribution in [3.63, 3.8) is 0 Å². The van der Waals surface area contributed by atoms with Crippen molar-refractivity contribution < 1.29 is 22.7 Å². The number of amides is 2. The van der Waals surface area contributed by atoms with Gasteiger partial charge in [-0.25, -0.2) is 4.79 Å². The van der Waals surface area contributed by atoms with Crippen LogP contribution >= 0.6 is 11.3 Å². The molecule has 0 aliphatic heterocycles. The Hall–Kier alpha value is -2.36. The fourth-order valence-corrected chi connectivity index (χ4v) is 2.36. The second kappa shape index (κ2) is 7.27. The lowest BCUT2D eigenvalue weighted by Gasteiger charge is -2.09. The molecule has 2 aromatic rings. The monoisotopic (exact) mass is 346 g/mol. The number of urea groups is 1. The predicted molar refractivity (Wildman–Crippen MR) is 78.6 cm³/mol. The van der Waals surface area contributed by atoms with Gasteiger partial charge in [0.15, 0.2) is 0 Å². The van der Waals surface area contributed by atoms with Gasteiger partial charge in [0.2, 0.25) is 10.1 Å². The number of para-hydroxylation sites is 1. The van der Waals surface area contributed by atoms with Gasteiger partial charge >= 0.3 is 12.2 Å². The van der Waals surface area contributed by atoms with Crippen LogP contribution in [0.4, 0.5) is 23.1 Å². The van der Waals surface area contributed by atoms with Gasteiger partial charge in [0.05, 0.1) is 7.11 Å². The van der Waals surface area contributed by atoms with E-state index in [0.29, 0.717) is 12.2 Å². The summed E-state index contributed by atoms with van der Waals surface area (Å²) in [5, 5.41) is 9.67. The number of aromatic nitrogens is 2. The highest BCUT2D eigenvalue weighted by atomic mass is 32.1. The Labute approximate surface area is 133 Å². The summed E-state index contributed by atoms with van der Waals surface area (Å²) in [6.45, 7) is 0.289. The topological polar surface area (TPSA) is 76.1 Å². The van der Waals surface area contributed by atoms with Crippen molar-refractivity contribution in [3.8, 4) is 5.75 Å². The first-order valence-electron chi connectivity index (χ1n) is 6.47. The van der Waals surface area contributed by atoms with Crippen LogP contribution in [0, 0.1) is 0 Å². The zero-order valence-corrected chi connectivity index (χ0v) is 12.8. The van der Waals surface area contributed by atoms with E-state index in [1.807, 2.05) is 18.2 Å². The van der Waals surface area contributed by atoms with E-state index in [-0.39, 0.29) is 23.0 Å². The first-order chi connectivity index (χ1) is 10.9. The minimum Gasteiger partial charge on any atom is -0.496 e. The number of carbonyl (C=O) groups excluding carboxylic acids is 1. The average Bonchev–Trinajstić information content (AvgIpc) is 2.96. The summed E-state index contributed by atoms with van der Waals surface area (Å²) in [6.07, 6.45) is -4.06. The molecule has 0 bridgehead atoms. The molecule has 0 radical (unpaired) electrons. The fourth-order valence-electron chi connectivity index (χ4n) is 1.75. The van der Waals surface area contributed by atoms with Gasteiger partial charge in [-0.05, 0) is 18.1 Å². The quantitative estimate of drug-likeness (QED) is 0.873. The van der Waals surface area contributed by atoms with E-state index in [2.05, 4.69) is 20.8 Å². The van der Waals surface area contributed by atoms with Crippen molar-refractivity contribution in [3.05, 3.63) is 34.8 Å². The number of alkyl halides is 3. The number of halogens is 3. The van der Waals surface area contributed by atoms with Crippen LogP contribution in [0.1, 0.15) is 10.6 Å². The molecule has 0 fully saturated rings. The highest BCUT2D eigenvalue weighted by Crippen LogP contribution is 2.32. The molecule has 124 valence electrons. The summed E-state index contributed by atoms with van der Waals surface area (Å²) in [4.78, 5) is 11.6. The molecule has 0 saturated carbocycles. The summed E-state index contributed by atoms with van der Waals surface area (Å²) in [6, 6.07) is 6.69. The smallest absolute Gasteiger partial charge is 0.445 e. The van der Waals surface area contributed by atoms with Crippen LogP contribution in [0.2, 0.25) is 0 Å². The van der Waals surface area contributed by atoms with Crippen LogP contribution in [-0.4, -0.2) is 29.9 Å². The second-order valence-corrected chi connectivity index (χ2v) is 5.33. The number of hydrogen-bond donors (Lipinski definition) is 2. The van der Waals surface area contributed by atoms with E-state index in [1.54, 1.807) is 13.2 Å². The number of methoxy groups -OCH3 is 1. The Bertz CT molecular complexity index is 675. The van der Waals surface area contributed by atoms with Crippen LogP contribution in [0.5, 0.6) is 5.75 Å². The van der Waals surface area contributed by atoms with E-state index in [1.165, 1.54) is 0 Å². The highest BCUT2D eigenvalue weighted by molar-refractivity contribution is 7.15. The van der Waals surface area contributed by atoms with Gasteiger partial charge in [-0.2, -0.15) is 13.2 Å².